The number of alkyl halides is 1. The van der Waals surface area contributed by atoms with Gasteiger partial charge in [-0.15, -0.1) is 18.2 Å². The van der Waals surface area contributed by atoms with Gasteiger partial charge in [0.05, 0.1) is 0 Å². The molecule has 4 heteroatoms. The van der Waals surface area contributed by atoms with Gasteiger partial charge < -0.3 is 9.88 Å². The highest BCUT2D eigenvalue weighted by molar-refractivity contribution is 6.19. The van der Waals surface area contributed by atoms with Crippen LogP contribution in [-0.2, 0) is 0 Å². The van der Waals surface area contributed by atoms with E-state index in [1.165, 1.54) is 0 Å². The summed E-state index contributed by atoms with van der Waals surface area (Å²) >= 11 is 6.10. The fraction of sp³-hybridized carbons (Fsp3) is 0.267. The monoisotopic (exact) mass is 274 g/mol. The second kappa shape index (κ2) is 4.74. The molecule has 1 amide bonds. The zero-order valence-electron chi connectivity index (χ0n) is 10.5. The van der Waals surface area contributed by atoms with Crippen molar-refractivity contribution in [1.82, 2.24) is 9.88 Å². The third-order valence-corrected chi connectivity index (χ3v) is 4.00. The summed E-state index contributed by atoms with van der Waals surface area (Å²) < 4.78 is 0. The number of aromatic nitrogens is 1. The number of fused-ring (bicyclic) bond motifs is 3. The van der Waals surface area contributed by atoms with Crippen LogP contribution in [0.3, 0.4) is 0 Å². The Balaban J connectivity index is 2.18. The number of carbonyl (C=O) groups excluding carboxylic acids is 1. The van der Waals surface area contributed by atoms with E-state index in [2.05, 4.69) is 11.6 Å². The molecule has 0 fully saturated rings. The van der Waals surface area contributed by atoms with Crippen molar-refractivity contribution in [2.24, 2.45) is 0 Å². The number of halogens is 1. The summed E-state index contributed by atoms with van der Waals surface area (Å²) in [6.45, 7) is 4.91. The molecule has 1 N–H and O–H groups in total. The van der Waals surface area contributed by atoms with E-state index in [1.54, 1.807) is 11.0 Å². The Kier molecular flexibility index (Phi) is 3.07. The SMILES string of the molecule is C=CCN1CC(CCl)c2c([nH]c3ccccc23)C1=O. The molecule has 19 heavy (non-hydrogen) atoms. The molecule has 0 aliphatic carbocycles. The number of nitrogens with one attached hydrogen (secondary N) is 1. The Bertz CT molecular complexity index is 647. The molecule has 0 spiro atoms. The minimum atomic E-state index is 0.0347. The van der Waals surface area contributed by atoms with E-state index >= 15 is 0 Å². The van der Waals surface area contributed by atoms with Gasteiger partial charge in [-0.2, -0.15) is 0 Å². The number of nitrogens with zero attached hydrogens (tertiary/aromatic N) is 1. The summed E-state index contributed by atoms with van der Waals surface area (Å²) in [6, 6.07) is 7.99. The smallest absolute Gasteiger partial charge is 0.270 e. The van der Waals surface area contributed by atoms with Gasteiger partial charge >= 0.3 is 0 Å². The van der Waals surface area contributed by atoms with Crippen LogP contribution < -0.4 is 0 Å². The average molecular weight is 275 g/mol. The first-order valence-electron chi connectivity index (χ1n) is 6.33. The number of para-hydroxylation sites is 1. The van der Waals surface area contributed by atoms with Crippen LogP contribution in [0.5, 0.6) is 0 Å². The van der Waals surface area contributed by atoms with E-state index in [9.17, 15) is 4.79 Å². The Hall–Kier alpha value is -1.74. The lowest BCUT2D eigenvalue weighted by Crippen LogP contribution is -2.40. The summed E-state index contributed by atoms with van der Waals surface area (Å²) in [4.78, 5) is 17.5. The molecule has 1 unspecified atom stereocenters. The van der Waals surface area contributed by atoms with Crippen molar-refractivity contribution in [2.45, 2.75) is 5.92 Å². The molecule has 0 saturated carbocycles. The van der Waals surface area contributed by atoms with E-state index in [-0.39, 0.29) is 11.8 Å². The third-order valence-electron chi connectivity index (χ3n) is 3.63. The quantitative estimate of drug-likeness (QED) is 0.677. The molecule has 1 aliphatic rings. The topological polar surface area (TPSA) is 36.1 Å². The molecule has 1 aromatic carbocycles. The van der Waals surface area contributed by atoms with Gasteiger partial charge in [-0.1, -0.05) is 24.3 Å². The van der Waals surface area contributed by atoms with E-state index in [1.807, 2.05) is 24.3 Å². The highest BCUT2D eigenvalue weighted by atomic mass is 35.5. The first-order chi connectivity index (χ1) is 9.26. The Morgan fingerprint density at radius 2 is 2.26 bits per heavy atom. The van der Waals surface area contributed by atoms with Crippen LogP contribution in [0.15, 0.2) is 36.9 Å². The average Bonchev–Trinajstić information content (AvgIpc) is 2.82. The normalized spacial score (nSPS) is 18.7. The maximum atomic E-state index is 12.4. The van der Waals surface area contributed by atoms with Crippen LogP contribution >= 0.6 is 11.6 Å². The van der Waals surface area contributed by atoms with E-state index in [0.29, 0.717) is 24.7 Å². The number of carbonyl (C=O) groups is 1. The van der Waals surface area contributed by atoms with Crippen LogP contribution in [0.1, 0.15) is 22.0 Å². The summed E-state index contributed by atoms with van der Waals surface area (Å²) in [6.07, 6.45) is 1.75. The molecule has 1 aromatic heterocycles. The molecule has 98 valence electrons. The predicted octanol–water partition coefficient (Wildman–Crippen LogP) is 3.13. The van der Waals surface area contributed by atoms with Crippen LogP contribution in [0.2, 0.25) is 0 Å². The molecule has 1 aliphatic heterocycles. The van der Waals surface area contributed by atoms with Crippen molar-refractivity contribution in [3.8, 4) is 0 Å². The van der Waals surface area contributed by atoms with Crippen LogP contribution in [0.4, 0.5) is 0 Å². The second-order valence-corrected chi connectivity index (χ2v) is 5.12. The second-order valence-electron chi connectivity index (χ2n) is 4.81. The number of benzene rings is 1. The molecule has 1 atom stereocenters. The van der Waals surface area contributed by atoms with Crippen molar-refractivity contribution in [1.29, 1.82) is 0 Å². The van der Waals surface area contributed by atoms with Crippen LogP contribution in [-0.4, -0.2) is 34.8 Å². The highest BCUT2D eigenvalue weighted by Crippen LogP contribution is 2.35. The number of rotatable bonds is 3. The summed E-state index contributed by atoms with van der Waals surface area (Å²) in [7, 11) is 0. The lowest BCUT2D eigenvalue weighted by atomic mass is 9.93. The van der Waals surface area contributed by atoms with Gasteiger partial charge in [0.15, 0.2) is 0 Å². The van der Waals surface area contributed by atoms with E-state index in [4.69, 9.17) is 11.6 Å². The molecule has 3 nitrogen and oxygen atoms in total. The maximum absolute atomic E-state index is 12.4. The Labute approximate surface area is 116 Å². The Morgan fingerprint density at radius 1 is 1.47 bits per heavy atom. The van der Waals surface area contributed by atoms with E-state index < -0.39 is 0 Å². The predicted molar refractivity (Wildman–Crippen MR) is 77.9 cm³/mol. The van der Waals surface area contributed by atoms with Crippen molar-refractivity contribution in [3.05, 3.63) is 48.2 Å². The molecule has 0 bridgehead atoms. The highest BCUT2D eigenvalue weighted by Gasteiger charge is 2.33. The molecule has 2 aromatic rings. The van der Waals surface area contributed by atoms with Crippen LogP contribution in [0, 0.1) is 0 Å². The molecule has 3 rings (SSSR count). The fourth-order valence-corrected chi connectivity index (χ4v) is 3.05. The molecule has 0 radical (unpaired) electrons. The lowest BCUT2D eigenvalue weighted by Gasteiger charge is -2.31. The van der Waals surface area contributed by atoms with Crippen LogP contribution in [0.25, 0.3) is 10.9 Å². The van der Waals surface area contributed by atoms with E-state index in [0.717, 1.165) is 16.5 Å². The Morgan fingerprint density at radius 3 is 3.00 bits per heavy atom. The standard InChI is InChI=1S/C15H15ClN2O/c1-2-7-18-9-10(8-16)13-11-5-3-4-6-12(11)17-14(13)15(18)19/h2-6,10,17H,1,7-9H2. The number of aromatic amines is 1. The zero-order valence-corrected chi connectivity index (χ0v) is 11.3. The molecule has 0 saturated heterocycles. The first-order valence-corrected chi connectivity index (χ1v) is 6.86. The van der Waals surface area contributed by atoms with Gasteiger partial charge in [0.25, 0.3) is 5.91 Å². The third kappa shape index (κ3) is 1.85. The summed E-state index contributed by atoms with van der Waals surface area (Å²) in [5.41, 5.74) is 2.74. The van der Waals surface area contributed by atoms with Gasteiger partial charge in [-0.25, -0.2) is 0 Å². The maximum Gasteiger partial charge on any atom is 0.270 e. The summed E-state index contributed by atoms with van der Waals surface area (Å²) in [5.74, 6) is 0.716. The molecular weight excluding hydrogens is 260 g/mol. The number of hydrogen-bond donors (Lipinski definition) is 1. The minimum absolute atomic E-state index is 0.0347. The number of H-pyrrole nitrogens is 1. The molecular formula is C15H15ClN2O. The summed E-state index contributed by atoms with van der Waals surface area (Å²) in [5, 5.41) is 1.11. The van der Waals surface area contributed by atoms with Crippen molar-refractivity contribution >= 4 is 28.4 Å². The van der Waals surface area contributed by atoms with Gasteiger partial charge in [0, 0.05) is 35.8 Å². The van der Waals surface area contributed by atoms with Gasteiger partial charge in [0.2, 0.25) is 0 Å². The minimum Gasteiger partial charge on any atom is -0.350 e. The first kappa shape index (κ1) is 12.3. The van der Waals surface area contributed by atoms with Crippen molar-refractivity contribution in [2.75, 3.05) is 19.0 Å². The van der Waals surface area contributed by atoms with Gasteiger partial charge in [-0.3, -0.25) is 4.79 Å². The lowest BCUT2D eigenvalue weighted by molar-refractivity contribution is 0.0741. The fourth-order valence-electron chi connectivity index (χ4n) is 2.79. The van der Waals surface area contributed by atoms with Gasteiger partial charge in [-0.05, 0) is 11.6 Å². The largest absolute Gasteiger partial charge is 0.350 e. The van der Waals surface area contributed by atoms with Gasteiger partial charge in [0.1, 0.15) is 5.69 Å². The number of hydrogen-bond acceptors (Lipinski definition) is 1. The number of amides is 1. The van der Waals surface area contributed by atoms with Crippen molar-refractivity contribution in [3.63, 3.8) is 0 Å². The zero-order chi connectivity index (χ0) is 13.4. The molecule has 2 heterocycles. The van der Waals surface area contributed by atoms with Crippen molar-refractivity contribution < 1.29 is 4.79 Å².